The standard InChI is InChI=1S/C19H17ClFN3O2S/c20-15-6-2-1-5-14(15)18-22-23-19(27-11-13-9-10-25-12-26-13)24(18)17-8-4-3-7-16(17)21/h1-8,13H,9-12H2/t13-/m0/s1. The van der Waals surface area contributed by atoms with E-state index < -0.39 is 0 Å². The molecule has 0 unspecified atom stereocenters. The van der Waals surface area contributed by atoms with Crippen molar-refractivity contribution in [1.82, 2.24) is 14.8 Å². The molecule has 1 saturated heterocycles. The van der Waals surface area contributed by atoms with Gasteiger partial charge in [0, 0.05) is 11.3 Å². The van der Waals surface area contributed by atoms with Gasteiger partial charge in [0.2, 0.25) is 0 Å². The fourth-order valence-electron chi connectivity index (χ4n) is 2.83. The van der Waals surface area contributed by atoms with Crippen LogP contribution in [0.25, 0.3) is 17.1 Å². The Hall–Kier alpha value is -1.93. The largest absolute Gasteiger partial charge is 0.355 e. The number of aromatic nitrogens is 3. The van der Waals surface area contributed by atoms with Gasteiger partial charge in [-0.1, -0.05) is 47.6 Å². The van der Waals surface area contributed by atoms with E-state index >= 15 is 0 Å². The van der Waals surface area contributed by atoms with Crippen LogP contribution in [0, 0.1) is 5.82 Å². The van der Waals surface area contributed by atoms with Gasteiger partial charge in [0.15, 0.2) is 11.0 Å². The molecule has 1 fully saturated rings. The number of hydrogen-bond acceptors (Lipinski definition) is 5. The molecule has 1 atom stereocenters. The van der Waals surface area contributed by atoms with Crippen LogP contribution in [0.4, 0.5) is 4.39 Å². The van der Waals surface area contributed by atoms with Crippen LogP contribution in [-0.2, 0) is 9.47 Å². The molecule has 0 bridgehead atoms. The lowest BCUT2D eigenvalue weighted by Crippen LogP contribution is -2.25. The molecule has 1 aliphatic rings. The molecule has 8 heteroatoms. The Labute approximate surface area is 165 Å². The Morgan fingerprint density at radius 3 is 2.74 bits per heavy atom. The van der Waals surface area contributed by atoms with Crippen LogP contribution < -0.4 is 0 Å². The third-order valence-corrected chi connectivity index (χ3v) is 5.60. The van der Waals surface area contributed by atoms with Crippen molar-refractivity contribution in [2.75, 3.05) is 19.2 Å². The Morgan fingerprint density at radius 2 is 1.96 bits per heavy atom. The SMILES string of the molecule is Fc1ccccc1-n1c(SC[C@@H]2CCOCO2)nnc1-c1ccccc1Cl. The van der Waals surface area contributed by atoms with E-state index in [2.05, 4.69) is 10.2 Å². The summed E-state index contributed by atoms with van der Waals surface area (Å²) < 4.78 is 27.1. The minimum absolute atomic E-state index is 0.0679. The maximum absolute atomic E-state index is 14.6. The molecule has 0 N–H and O–H groups in total. The van der Waals surface area contributed by atoms with E-state index in [4.69, 9.17) is 21.1 Å². The number of halogens is 2. The molecule has 2 aromatic carbocycles. The number of nitrogens with zero attached hydrogens (tertiary/aromatic N) is 3. The molecule has 4 rings (SSSR count). The van der Waals surface area contributed by atoms with E-state index in [1.54, 1.807) is 28.8 Å². The number of benzene rings is 2. The third-order valence-electron chi connectivity index (χ3n) is 4.21. The smallest absolute Gasteiger partial charge is 0.196 e. The monoisotopic (exact) mass is 405 g/mol. The lowest BCUT2D eigenvalue weighted by Gasteiger charge is -2.22. The summed E-state index contributed by atoms with van der Waals surface area (Å²) in [6, 6.07) is 13.9. The molecule has 0 radical (unpaired) electrons. The molecule has 0 saturated carbocycles. The van der Waals surface area contributed by atoms with E-state index in [9.17, 15) is 4.39 Å². The van der Waals surface area contributed by atoms with E-state index in [1.807, 2.05) is 18.2 Å². The number of para-hydroxylation sites is 1. The molecule has 0 aliphatic carbocycles. The van der Waals surface area contributed by atoms with Crippen molar-refractivity contribution >= 4 is 23.4 Å². The van der Waals surface area contributed by atoms with Crippen molar-refractivity contribution in [3.63, 3.8) is 0 Å². The second kappa shape index (κ2) is 8.39. The van der Waals surface area contributed by atoms with Gasteiger partial charge in [-0.25, -0.2) is 4.39 Å². The molecule has 0 amide bonds. The molecule has 0 spiro atoms. The van der Waals surface area contributed by atoms with Crippen LogP contribution in [0.5, 0.6) is 0 Å². The Kier molecular flexibility index (Phi) is 5.73. The van der Waals surface area contributed by atoms with Gasteiger partial charge in [0.05, 0.1) is 23.4 Å². The number of ether oxygens (including phenoxy) is 2. The second-order valence-corrected chi connectivity index (χ2v) is 7.38. The predicted molar refractivity (Wildman–Crippen MR) is 103 cm³/mol. The first-order chi connectivity index (χ1) is 13.2. The average Bonchev–Trinajstić information content (AvgIpc) is 3.11. The zero-order valence-corrected chi connectivity index (χ0v) is 15.9. The summed E-state index contributed by atoms with van der Waals surface area (Å²) >= 11 is 7.83. The molecule has 1 aromatic heterocycles. The molecular formula is C19H17ClFN3O2S. The van der Waals surface area contributed by atoms with Gasteiger partial charge in [-0.05, 0) is 30.7 Å². The predicted octanol–water partition coefficient (Wildman–Crippen LogP) is 4.58. The molecule has 5 nitrogen and oxygen atoms in total. The Morgan fingerprint density at radius 1 is 1.15 bits per heavy atom. The zero-order valence-electron chi connectivity index (χ0n) is 14.3. The second-order valence-electron chi connectivity index (χ2n) is 5.99. The summed E-state index contributed by atoms with van der Waals surface area (Å²) in [6.45, 7) is 0.978. The minimum Gasteiger partial charge on any atom is -0.355 e. The zero-order chi connectivity index (χ0) is 18.6. The maximum atomic E-state index is 14.6. The summed E-state index contributed by atoms with van der Waals surface area (Å²) in [4.78, 5) is 0. The van der Waals surface area contributed by atoms with E-state index in [1.165, 1.54) is 17.8 Å². The Balaban J connectivity index is 1.73. The fourth-order valence-corrected chi connectivity index (χ4v) is 4.06. The molecule has 140 valence electrons. The van der Waals surface area contributed by atoms with Gasteiger partial charge in [-0.2, -0.15) is 0 Å². The molecular weight excluding hydrogens is 389 g/mol. The lowest BCUT2D eigenvalue weighted by atomic mass is 10.2. The van der Waals surface area contributed by atoms with Crippen molar-refractivity contribution < 1.29 is 13.9 Å². The van der Waals surface area contributed by atoms with Crippen molar-refractivity contribution in [2.24, 2.45) is 0 Å². The first kappa shape index (κ1) is 18.4. The topological polar surface area (TPSA) is 49.2 Å². The van der Waals surface area contributed by atoms with Crippen LogP contribution >= 0.6 is 23.4 Å². The van der Waals surface area contributed by atoms with Crippen molar-refractivity contribution in [2.45, 2.75) is 17.7 Å². The average molecular weight is 406 g/mol. The molecule has 27 heavy (non-hydrogen) atoms. The summed E-state index contributed by atoms with van der Waals surface area (Å²) in [5.41, 5.74) is 1.08. The first-order valence-electron chi connectivity index (χ1n) is 8.51. The summed E-state index contributed by atoms with van der Waals surface area (Å²) in [6.07, 6.45) is 0.886. The van der Waals surface area contributed by atoms with Crippen LogP contribution in [0.3, 0.4) is 0 Å². The highest BCUT2D eigenvalue weighted by molar-refractivity contribution is 7.99. The summed E-state index contributed by atoms with van der Waals surface area (Å²) in [5, 5.41) is 9.73. The number of thioether (sulfide) groups is 1. The van der Waals surface area contributed by atoms with E-state index in [0.29, 0.717) is 46.4 Å². The van der Waals surface area contributed by atoms with Gasteiger partial charge >= 0.3 is 0 Å². The number of rotatable bonds is 5. The minimum atomic E-state index is -0.352. The molecule has 2 heterocycles. The number of hydrogen-bond donors (Lipinski definition) is 0. The van der Waals surface area contributed by atoms with Gasteiger partial charge in [-0.15, -0.1) is 10.2 Å². The summed E-state index contributed by atoms with van der Waals surface area (Å²) in [5.74, 6) is 0.828. The Bertz CT molecular complexity index is 931. The van der Waals surface area contributed by atoms with Crippen LogP contribution in [0.15, 0.2) is 53.7 Å². The van der Waals surface area contributed by atoms with Gasteiger partial charge in [0.25, 0.3) is 0 Å². The maximum Gasteiger partial charge on any atom is 0.196 e. The first-order valence-corrected chi connectivity index (χ1v) is 9.88. The van der Waals surface area contributed by atoms with E-state index in [0.717, 1.165) is 6.42 Å². The summed E-state index contributed by atoms with van der Waals surface area (Å²) in [7, 11) is 0. The van der Waals surface area contributed by atoms with Gasteiger partial charge in [0.1, 0.15) is 12.6 Å². The van der Waals surface area contributed by atoms with Crippen LogP contribution in [-0.4, -0.2) is 40.0 Å². The van der Waals surface area contributed by atoms with Crippen molar-refractivity contribution in [3.05, 3.63) is 59.4 Å². The highest BCUT2D eigenvalue weighted by Gasteiger charge is 2.22. The highest BCUT2D eigenvalue weighted by Crippen LogP contribution is 2.33. The van der Waals surface area contributed by atoms with Crippen LogP contribution in [0.2, 0.25) is 5.02 Å². The van der Waals surface area contributed by atoms with Crippen LogP contribution in [0.1, 0.15) is 6.42 Å². The molecule has 1 aliphatic heterocycles. The normalized spacial score (nSPS) is 17.2. The molecule has 3 aromatic rings. The van der Waals surface area contributed by atoms with Crippen molar-refractivity contribution in [1.29, 1.82) is 0 Å². The lowest BCUT2D eigenvalue weighted by molar-refractivity contribution is -0.130. The van der Waals surface area contributed by atoms with E-state index in [-0.39, 0.29) is 11.9 Å². The quantitative estimate of drug-likeness (QED) is 0.581. The third kappa shape index (κ3) is 4.01. The highest BCUT2D eigenvalue weighted by atomic mass is 35.5. The fraction of sp³-hybridized carbons (Fsp3) is 0.263. The van der Waals surface area contributed by atoms with Gasteiger partial charge in [-0.3, -0.25) is 4.57 Å². The van der Waals surface area contributed by atoms with Crippen molar-refractivity contribution in [3.8, 4) is 17.1 Å². The van der Waals surface area contributed by atoms with Gasteiger partial charge < -0.3 is 9.47 Å².